The van der Waals surface area contributed by atoms with Gasteiger partial charge in [-0.05, 0) is 56.4 Å². The molecule has 0 bridgehead atoms. The molecule has 0 unspecified atom stereocenters. The van der Waals surface area contributed by atoms with Gasteiger partial charge in [-0.3, -0.25) is 0 Å². The monoisotopic (exact) mass is 405 g/mol. The third kappa shape index (κ3) is 20.0. The van der Waals surface area contributed by atoms with Gasteiger partial charge in [0.25, 0.3) is 0 Å². The lowest BCUT2D eigenvalue weighted by Crippen LogP contribution is -2.23. The van der Waals surface area contributed by atoms with Crippen molar-refractivity contribution in [3.8, 4) is 0 Å². The molecule has 2 nitrogen and oxygen atoms in total. The average Bonchev–Trinajstić information content (AvgIpc) is 2.67. The van der Waals surface area contributed by atoms with Crippen LogP contribution in [0.4, 0.5) is 0 Å². The summed E-state index contributed by atoms with van der Waals surface area (Å²) in [5.41, 5.74) is 0.363. The van der Waals surface area contributed by atoms with Crippen molar-refractivity contribution in [2.75, 3.05) is 0 Å². The number of unbranched alkanes of at least 4 members (excludes halogenated alkanes) is 12. The van der Waals surface area contributed by atoms with Gasteiger partial charge in [0.05, 0.1) is 5.97 Å². The van der Waals surface area contributed by atoms with Gasteiger partial charge in [0.2, 0.25) is 0 Å². The molecule has 2 atom stereocenters. The Bertz CT molecular complexity index is 436. The molecule has 2 heteroatoms. The second-order valence-electron chi connectivity index (χ2n) is 9.18. The molecule has 0 spiro atoms. The summed E-state index contributed by atoms with van der Waals surface area (Å²) in [7, 11) is 0. The van der Waals surface area contributed by atoms with E-state index in [9.17, 15) is 9.90 Å². The Morgan fingerprint density at radius 2 is 1.28 bits per heavy atom. The predicted octanol–water partition coefficient (Wildman–Crippen LogP) is 7.77. The molecule has 0 aromatic carbocycles. The van der Waals surface area contributed by atoms with Gasteiger partial charge in [-0.25, -0.2) is 0 Å². The molecule has 0 N–H and O–H groups in total. The number of hydrogen-bond donors (Lipinski definition) is 0. The summed E-state index contributed by atoms with van der Waals surface area (Å²) in [5.74, 6) is -0.0672. The van der Waals surface area contributed by atoms with Crippen LogP contribution in [0.2, 0.25) is 0 Å². The normalized spacial score (nSPS) is 14.4. The Kier molecular flexibility index (Phi) is 19.5. The standard InChI is InChI=1S/C27H50O2/c1-5-6-7-8-9-10-11-12-13-14-15-16-17-18-19-20-21-24(2)22-25(3)23-26(4)27(28)29/h12-13,23-25H,5-11,14-22H2,1-4H3,(H,28,29)/p-1/b13-12-,26-23+/t24-,25-/m0/s1. The zero-order valence-electron chi connectivity index (χ0n) is 20.0. The van der Waals surface area contributed by atoms with E-state index in [-0.39, 0.29) is 0 Å². The number of carbonyl (C=O) groups excluding carboxylic acids is 1. The number of aliphatic carboxylic acids is 1. The zero-order valence-corrected chi connectivity index (χ0v) is 20.0. The third-order valence-electron chi connectivity index (χ3n) is 5.84. The minimum absolute atomic E-state index is 0.317. The third-order valence-corrected chi connectivity index (χ3v) is 5.84. The van der Waals surface area contributed by atoms with Crippen molar-refractivity contribution >= 4 is 5.97 Å². The van der Waals surface area contributed by atoms with Crippen molar-refractivity contribution in [3.63, 3.8) is 0 Å². The molecule has 0 amide bonds. The molecule has 170 valence electrons. The fraction of sp³-hybridized carbons (Fsp3) is 0.815. The van der Waals surface area contributed by atoms with Gasteiger partial charge >= 0.3 is 0 Å². The van der Waals surface area contributed by atoms with Gasteiger partial charge in [0.1, 0.15) is 0 Å². The topological polar surface area (TPSA) is 40.1 Å². The number of rotatable bonds is 20. The molecular weight excluding hydrogens is 356 g/mol. The molecule has 0 aliphatic rings. The summed E-state index contributed by atoms with van der Waals surface area (Å²) in [5, 5.41) is 10.8. The number of allylic oxidation sites excluding steroid dienone is 3. The molecule has 0 fully saturated rings. The summed E-state index contributed by atoms with van der Waals surface area (Å²) in [6, 6.07) is 0. The van der Waals surface area contributed by atoms with Crippen LogP contribution in [0.15, 0.2) is 23.8 Å². The van der Waals surface area contributed by atoms with Crippen molar-refractivity contribution in [2.24, 2.45) is 11.8 Å². The molecule has 0 heterocycles. The van der Waals surface area contributed by atoms with Crippen LogP contribution >= 0.6 is 0 Å². The van der Waals surface area contributed by atoms with Gasteiger partial charge in [0.15, 0.2) is 0 Å². The fourth-order valence-corrected chi connectivity index (χ4v) is 4.06. The minimum Gasteiger partial charge on any atom is -0.545 e. The zero-order chi connectivity index (χ0) is 21.7. The van der Waals surface area contributed by atoms with E-state index < -0.39 is 5.97 Å². The fourth-order valence-electron chi connectivity index (χ4n) is 4.06. The number of carboxylic acid groups (broad SMARTS) is 1. The Morgan fingerprint density at radius 3 is 1.79 bits per heavy atom. The molecular formula is C27H49O2-. The molecule has 0 aromatic heterocycles. The van der Waals surface area contributed by atoms with E-state index in [2.05, 4.69) is 32.9 Å². The highest BCUT2D eigenvalue weighted by Gasteiger charge is 2.07. The van der Waals surface area contributed by atoms with Crippen molar-refractivity contribution in [1.29, 1.82) is 0 Å². The summed E-state index contributed by atoms with van der Waals surface area (Å²) in [4.78, 5) is 10.8. The Morgan fingerprint density at radius 1 is 0.793 bits per heavy atom. The van der Waals surface area contributed by atoms with Crippen LogP contribution in [0, 0.1) is 11.8 Å². The van der Waals surface area contributed by atoms with E-state index in [4.69, 9.17) is 0 Å². The lowest BCUT2D eigenvalue weighted by atomic mass is 9.91. The molecule has 0 saturated heterocycles. The van der Waals surface area contributed by atoms with Crippen LogP contribution in [0.3, 0.4) is 0 Å². The Hall–Kier alpha value is -1.05. The van der Waals surface area contributed by atoms with Crippen molar-refractivity contribution in [3.05, 3.63) is 23.8 Å². The van der Waals surface area contributed by atoms with Crippen LogP contribution in [0.5, 0.6) is 0 Å². The second-order valence-corrected chi connectivity index (χ2v) is 9.18. The molecule has 0 rings (SSSR count). The highest BCUT2D eigenvalue weighted by atomic mass is 16.4. The van der Waals surface area contributed by atoms with Gasteiger partial charge in [-0.2, -0.15) is 0 Å². The Labute approximate surface area is 182 Å². The van der Waals surface area contributed by atoms with Crippen LogP contribution < -0.4 is 5.11 Å². The van der Waals surface area contributed by atoms with Crippen LogP contribution in [0.1, 0.15) is 130 Å². The minimum atomic E-state index is -1.04. The summed E-state index contributed by atoms with van der Waals surface area (Å²) in [6.45, 7) is 8.29. The first-order valence-corrected chi connectivity index (χ1v) is 12.5. The van der Waals surface area contributed by atoms with Crippen molar-refractivity contribution < 1.29 is 9.90 Å². The van der Waals surface area contributed by atoms with Gasteiger partial charge in [-0.1, -0.05) is 110 Å². The smallest absolute Gasteiger partial charge is 0.0668 e. The van der Waals surface area contributed by atoms with Crippen LogP contribution in [-0.2, 0) is 4.79 Å². The molecule has 0 radical (unpaired) electrons. The molecule has 0 aliphatic carbocycles. The van der Waals surface area contributed by atoms with E-state index in [1.54, 1.807) is 6.92 Å². The summed E-state index contributed by atoms with van der Waals surface area (Å²) in [6.07, 6.45) is 27.9. The van der Waals surface area contributed by atoms with Gasteiger partial charge < -0.3 is 9.90 Å². The van der Waals surface area contributed by atoms with E-state index in [0.717, 1.165) is 6.42 Å². The highest BCUT2D eigenvalue weighted by Crippen LogP contribution is 2.20. The maximum Gasteiger partial charge on any atom is 0.0668 e. The summed E-state index contributed by atoms with van der Waals surface area (Å²) < 4.78 is 0. The second kappa shape index (κ2) is 20.2. The number of carboxylic acids is 1. The van der Waals surface area contributed by atoms with Crippen molar-refractivity contribution in [2.45, 2.75) is 130 Å². The first-order chi connectivity index (χ1) is 14.0. The van der Waals surface area contributed by atoms with E-state index in [1.807, 2.05) is 6.08 Å². The van der Waals surface area contributed by atoms with E-state index in [0.29, 0.717) is 17.4 Å². The highest BCUT2D eigenvalue weighted by molar-refractivity contribution is 5.83. The molecule has 0 aliphatic heterocycles. The largest absolute Gasteiger partial charge is 0.545 e. The summed E-state index contributed by atoms with van der Waals surface area (Å²) >= 11 is 0. The molecule has 0 aromatic rings. The van der Waals surface area contributed by atoms with Crippen molar-refractivity contribution in [1.82, 2.24) is 0 Å². The Balaban J connectivity index is 3.43. The van der Waals surface area contributed by atoms with Gasteiger partial charge in [-0.15, -0.1) is 0 Å². The SMILES string of the molecule is CCCCCCCC/C=C\CCCCCCCC[C@H](C)C[C@H](C)/C=C(\C)C(=O)[O-]. The quantitative estimate of drug-likeness (QED) is 0.118. The number of carbonyl (C=O) groups is 1. The maximum atomic E-state index is 10.8. The first kappa shape index (κ1) is 27.9. The van der Waals surface area contributed by atoms with Crippen LogP contribution in [0.25, 0.3) is 0 Å². The number of hydrogen-bond acceptors (Lipinski definition) is 2. The molecule has 0 saturated carbocycles. The maximum absolute atomic E-state index is 10.8. The van der Waals surface area contributed by atoms with E-state index in [1.165, 1.54) is 96.3 Å². The van der Waals surface area contributed by atoms with Crippen LogP contribution in [-0.4, -0.2) is 5.97 Å². The lowest BCUT2D eigenvalue weighted by molar-refractivity contribution is -0.299. The lowest BCUT2D eigenvalue weighted by Gasteiger charge is -2.15. The predicted molar refractivity (Wildman–Crippen MR) is 126 cm³/mol. The molecule has 29 heavy (non-hydrogen) atoms. The average molecular weight is 406 g/mol. The van der Waals surface area contributed by atoms with Gasteiger partial charge in [0, 0.05) is 0 Å². The van der Waals surface area contributed by atoms with E-state index >= 15 is 0 Å². The first-order valence-electron chi connectivity index (χ1n) is 12.5.